The summed E-state index contributed by atoms with van der Waals surface area (Å²) in [4.78, 5) is 10.0. The monoisotopic (exact) mass is 948 g/mol. The average Bonchev–Trinajstić information content (AvgIpc) is 3.72. The Balaban J connectivity index is 0.00000171. The number of benzene rings is 3. The van der Waals surface area contributed by atoms with Crippen LogP contribution in [-0.4, -0.2) is 82.9 Å². The molecule has 0 aliphatic carbocycles. The Morgan fingerprint density at radius 1 is 0.803 bits per heavy atom. The maximum Gasteiger partial charge on any atom is 0.138 e. The van der Waals surface area contributed by atoms with Gasteiger partial charge in [-0.25, -0.2) is 0 Å². The van der Waals surface area contributed by atoms with Crippen LogP contribution < -0.4 is 14.4 Å². The molecule has 0 amide bonds. The van der Waals surface area contributed by atoms with Crippen LogP contribution in [0.25, 0.3) is 21.8 Å². The van der Waals surface area contributed by atoms with Crippen LogP contribution in [0.1, 0.15) is 54.2 Å². The summed E-state index contributed by atoms with van der Waals surface area (Å²) in [5.74, 6) is 1.54. The maximum absolute atomic E-state index is 12.5. The summed E-state index contributed by atoms with van der Waals surface area (Å²) in [6.07, 6.45) is 14.0. The number of aliphatic hydroxyl groups is 2. The number of aromatic nitrogens is 2. The standard InChI is InChI=1S/C45H47Cl4N4O4.2CH3Cl/c1-7-26-15-18-45(3,44(55)31-17-20-51-37-13-11-29(57-6)22-33(31)37)53(4,24-26)25-35-41(48)39(46)34(40(47)42(35)49)23-52-27(8-2)9-14-38(52)43(54)30-16-19-50-36-12-10-28(56-5)21-32(30)36;2*1-2/h7-14,16-17,19-22,26-27,38,43-44,54-55H,1-2,15,18,23-25H2,3-6H3;2*1H3/q+1;;/p+1. The molecule has 3 aromatic carbocycles. The highest BCUT2D eigenvalue weighted by molar-refractivity contribution is 6.48. The third kappa shape index (κ3) is 9.42. The number of likely N-dealkylation sites (tertiary alicyclic amines) is 1. The molecule has 1 fully saturated rings. The van der Waals surface area contributed by atoms with Crippen molar-refractivity contribution in [2.24, 2.45) is 5.92 Å². The third-order valence-electron chi connectivity index (χ3n) is 12.7. The van der Waals surface area contributed by atoms with E-state index in [0.29, 0.717) is 73.3 Å². The van der Waals surface area contributed by atoms with Crippen molar-refractivity contribution in [3.63, 3.8) is 0 Å². The number of fused-ring (bicyclic) bond motifs is 2. The highest BCUT2D eigenvalue weighted by Gasteiger charge is 2.54. The third-order valence-corrected chi connectivity index (χ3v) is 14.6. The SMILES string of the molecule is C=CC1CCC(C)(C(O)c2ccnc3ccc(OC)cc23)[N+](C)(Cc2c(Cl)c(Cl)c(C[NH+]3C(C=C)C=CC3C(O)c3ccnc4ccc(OC)cc34)c(Cl)c2Cl)C1.CCl.CCl. The van der Waals surface area contributed by atoms with Crippen LogP contribution in [-0.2, 0) is 13.1 Å². The lowest BCUT2D eigenvalue weighted by atomic mass is 9.74. The topological polar surface area (TPSA) is 89.1 Å². The lowest BCUT2D eigenvalue weighted by Gasteiger charge is -2.56. The zero-order valence-corrected chi connectivity index (χ0v) is 39.8. The van der Waals surface area contributed by atoms with Crippen LogP contribution in [0, 0.1) is 5.92 Å². The van der Waals surface area contributed by atoms with Crippen LogP contribution in [0.15, 0.2) is 98.4 Å². The summed E-state index contributed by atoms with van der Waals surface area (Å²) in [6, 6.07) is 14.5. The zero-order chi connectivity index (χ0) is 44.8. The predicted molar refractivity (Wildman–Crippen MR) is 254 cm³/mol. The molecule has 0 saturated carbocycles. The van der Waals surface area contributed by atoms with Crippen molar-refractivity contribution in [3.8, 4) is 11.5 Å². The molecule has 2 aliphatic rings. The first-order valence-electron chi connectivity index (χ1n) is 19.7. The lowest BCUT2D eigenvalue weighted by molar-refractivity contribution is -0.981. The number of quaternary nitrogens is 2. The number of hydrogen-bond donors (Lipinski definition) is 3. The van der Waals surface area contributed by atoms with E-state index in [4.69, 9.17) is 55.9 Å². The second-order valence-electron chi connectivity index (χ2n) is 15.7. The van der Waals surface area contributed by atoms with Gasteiger partial charge in [0.05, 0.1) is 58.9 Å². The molecule has 3 N–H and O–H groups in total. The number of aliphatic hydroxyl groups excluding tert-OH is 2. The Morgan fingerprint density at radius 3 is 1.85 bits per heavy atom. The van der Waals surface area contributed by atoms with Gasteiger partial charge in [0.1, 0.15) is 54.4 Å². The van der Waals surface area contributed by atoms with Crippen LogP contribution >= 0.6 is 69.6 Å². The fraction of sp³-hybridized carbons (Fsp3) is 0.362. The molecule has 7 rings (SSSR count). The summed E-state index contributed by atoms with van der Waals surface area (Å²) in [7, 11) is 5.36. The van der Waals surface area contributed by atoms with E-state index in [2.05, 4.69) is 60.3 Å². The Morgan fingerprint density at radius 2 is 1.33 bits per heavy atom. The minimum atomic E-state index is -0.911. The number of rotatable bonds is 12. The molecule has 1 saturated heterocycles. The number of methoxy groups -OCH3 is 2. The van der Waals surface area contributed by atoms with E-state index in [1.807, 2.05) is 72.8 Å². The van der Waals surface area contributed by atoms with E-state index < -0.39 is 23.8 Å². The van der Waals surface area contributed by atoms with Gasteiger partial charge in [-0.2, -0.15) is 0 Å². The van der Waals surface area contributed by atoms with Crippen molar-refractivity contribution < 1.29 is 29.1 Å². The van der Waals surface area contributed by atoms with Gasteiger partial charge in [0.25, 0.3) is 0 Å². The Kier molecular flexibility index (Phi) is 16.9. The number of alkyl halides is 2. The first-order chi connectivity index (χ1) is 29.3. The first-order valence-corrected chi connectivity index (χ1v) is 22.8. The summed E-state index contributed by atoms with van der Waals surface area (Å²) >= 11 is 38.3. The molecule has 0 radical (unpaired) electrons. The van der Waals surface area contributed by atoms with Gasteiger partial charge < -0.3 is 29.1 Å². The molecule has 5 aromatic rings. The Bertz CT molecular complexity index is 2370. The number of ether oxygens (including phenoxy) is 2. The van der Waals surface area contributed by atoms with Crippen molar-refractivity contribution in [2.75, 3.05) is 40.6 Å². The van der Waals surface area contributed by atoms with Gasteiger partial charge in [-0.15, -0.1) is 29.8 Å². The number of halogens is 6. The van der Waals surface area contributed by atoms with E-state index in [0.717, 1.165) is 44.3 Å². The highest BCUT2D eigenvalue weighted by atomic mass is 35.5. The molecular formula is C47H54Cl6N4O4+2. The molecule has 2 aliphatic heterocycles. The predicted octanol–water partition coefficient (Wildman–Crippen LogP) is 10.8. The van der Waals surface area contributed by atoms with Gasteiger partial charge in [0.2, 0.25) is 0 Å². The maximum atomic E-state index is 12.5. The fourth-order valence-corrected chi connectivity index (χ4v) is 10.2. The molecule has 61 heavy (non-hydrogen) atoms. The van der Waals surface area contributed by atoms with E-state index in [9.17, 15) is 10.2 Å². The molecule has 0 bridgehead atoms. The van der Waals surface area contributed by atoms with Crippen LogP contribution in [0.4, 0.5) is 0 Å². The molecule has 14 heteroatoms. The van der Waals surface area contributed by atoms with E-state index in [-0.39, 0.29) is 12.0 Å². The molecule has 4 heterocycles. The number of hydrogen-bond acceptors (Lipinski definition) is 6. The van der Waals surface area contributed by atoms with E-state index >= 15 is 0 Å². The Labute approximate surface area is 389 Å². The molecular weight excluding hydrogens is 897 g/mol. The number of nitrogens with one attached hydrogen (secondary N) is 1. The largest absolute Gasteiger partial charge is 0.497 e. The van der Waals surface area contributed by atoms with Crippen molar-refractivity contribution >= 4 is 91.4 Å². The second-order valence-corrected chi connectivity index (χ2v) is 17.2. The number of nitrogens with zero attached hydrogens (tertiary/aromatic N) is 3. The van der Waals surface area contributed by atoms with Gasteiger partial charge in [-0.05, 0) is 91.2 Å². The molecule has 326 valence electrons. The average molecular weight is 952 g/mol. The summed E-state index contributed by atoms with van der Waals surface area (Å²) in [5, 5.41) is 27.4. The smallest absolute Gasteiger partial charge is 0.138 e. The second kappa shape index (κ2) is 21.0. The van der Waals surface area contributed by atoms with Gasteiger partial charge in [-0.1, -0.05) is 59.1 Å². The molecule has 2 aromatic heterocycles. The first kappa shape index (κ1) is 48.9. The van der Waals surface area contributed by atoms with E-state index in [1.54, 1.807) is 26.6 Å². The molecule has 8 nitrogen and oxygen atoms in total. The molecule has 8 unspecified atom stereocenters. The summed E-state index contributed by atoms with van der Waals surface area (Å²) < 4.78 is 11.4. The van der Waals surface area contributed by atoms with Crippen LogP contribution in [0.5, 0.6) is 11.5 Å². The van der Waals surface area contributed by atoms with Crippen LogP contribution in [0.3, 0.4) is 0 Å². The quantitative estimate of drug-likeness (QED) is 0.0500. The van der Waals surface area contributed by atoms with Gasteiger partial charge in [0.15, 0.2) is 0 Å². The van der Waals surface area contributed by atoms with Gasteiger partial charge in [-0.3, -0.25) is 9.97 Å². The van der Waals surface area contributed by atoms with Crippen molar-refractivity contribution in [1.82, 2.24) is 9.97 Å². The zero-order valence-electron chi connectivity index (χ0n) is 35.2. The number of piperidine rings is 1. The van der Waals surface area contributed by atoms with Crippen LogP contribution in [0.2, 0.25) is 20.1 Å². The number of likely N-dealkylation sites (N-methyl/N-ethyl adjacent to an activating group) is 1. The highest BCUT2D eigenvalue weighted by Crippen LogP contribution is 2.50. The Hall–Kier alpha value is -3.12. The van der Waals surface area contributed by atoms with E-state index in [1.165, 1.54) is 12.8 Å². The van der Waals surface area contributed by atoms with Gasteiger partial charge in [0, 0.05) is 59.4 Å². The normalized spacial score (nSPS) is 24.2. The summed E-state index contributed by atoms with van der Waals surface area (Å²) in [6.45, 7) is 11.7. The molecule has 0 spiro atoms. The number of pyridine rings is 2. The van der Waals surface area contributed by atoms with Crippen molar-refractivity contribution in [1.29, 1.82) is 0 Å². The summed E-state index contributed by atoms with van der Waals surface area (Å²) in [5.41, 5.74) is 3.48. The van der Waals surface area contributed by atoms with Gasteiger partial charge >= 0.3 is 0 Å². The minimum Gasteiger partial charge on any atom is -0.497 e. The minimum absolute atomic E-state index is 0.156. The van der Waals surface area contributed by atoms with Crippen molar-refractivity contribution in [3.05, 3.63) is 141 Å². The lowest BCUT2D eigenvalue weighted by Crippen LogP contribution is -3.16. The van der Waals surface area contributed by atoms with Crippen molar-refractivity contribution in [2.45, 2.75) is 62.7 Å². The fourth-order valence-electron chi connectivity index (χ4n) is 9.06. The molecule has 8 atom stereocenters.